The highest BCUT2D eigenvalue weighted by Gasteiger charge is 2.69. The fourth-order valence-electron chi connectivity index (χ4n) is 3.55. The third kappa shape index (κ3) is 3.31. The number of alkyl halides is 6. The maximum atomic E-state index is 13.3. The zero-order chi connectivity index (χ0) is 24.7. The van der Waals surface area contributed by atoms with Gasteiger partial charge in [-0.2, -0.15) is 34.8 Å². The summed E-state index contributed by atoms with van der Waals surface area (Å²) in [6.45, 7) is 2.63. The average Bonchev–Trinajstić information content (AvgIpc) is 2.95. The van der Waals surface area contributed by atoms with Gasteiger partial charge in [-0.1, -0.05) is 6.08 Å². The molecule has 2 saturated heterocycles. The minimum absolute atomic E-state index is 0.263. The van der Waals surface area contributed by atoms with Crippen molar-refractivity contribution in [3.8, 4) is 0 Å². The van der Waals surface area contributed by atoms with E-state index in [1.54, 1.807) is 0 Å². The van der Waals surface area contributed by atoms with Gasteiger partial charge in [0.25, 0.3) is 0 Å². The topological polar surface area (TPSA) is 110 Å². The van der Waals surface area contributed by atoms with Crippen LogP contribution in [0.2, 0.25) is 0 Å². The summed E-state index contributed by atoms with van der Waals surface area (Å²) >= 11 is 0. The molecule has 0 radical (unpaired) electrons. The number of sulfonamides is 2. The normalized spacial score (nSPS) is 31.5. The minimum atomic E-state index is -6.23. The van der Waals surface area contributed by atoms with E-state index in [-0.39, 0.29) is 14.8 Å². The fourth-order valence-corrected chi connectivity index (χ4v) is 5.43. The van der Waals surface area contributed by atoms with Crippen LogP contribution in [0.1, 0.15) is 20.8 Å². The van der Waals surface area contributed by atoms with Crippen LogP contribution in [-0.2, 0) is 34.3 Å². The number of nitrogens with zero attached hydrogens (tertiary/aromatic N) is 2. The lowest BCUT2D eigenvalue weighted by Crippen LogP contribution is -2.63. The molecule has 0 aromatic rings. The standard InChI is InChI=1S/C15H16F6N2O7S2/c1-8-6-23(32(27,28)15(19,20)21)13(29-8)10-7-22(31(25,26)14(16,17)18)5-4-9(10)12(2,3)11(24)30-13/h4-5,7-9H,6H2,1-3H3. The van der Waals surface area contributed by atoms with Crippen molar-refractivity contribution >= 4 is 26.0 Å². The Labute approximate surface area is 178 Å². The van der Waals surface area contributed by atoms with Crippen LogP contribution in [-0.4, -0.2) is 61.0 Å². The SMILES string of the molecule is CC1CN(S(=O)(=O)C(F)(F)F)C2(OC(=O)C(C)(C)C3C=CN(S(=O)(=O)C(F)(F)F)C=C32)O1. The predicted octanol–water partition coefficient (Wildman–Crippen LogP) is 1.97. The molecule has 9 nitrogen and oxygen atoms in total. The number of halogens is 6. The number of hydrogen-bond acceptors (Lipinski definition) is 7. The number of fused-ring (bicyclic) bond motifs is 2. The Balaban J connectivity index is 2.29. The summed E-state index contributed by atoms with van der Waals surface area (Å²) in [7, 11) is -12.3. The zero-order valence-corrected chi connectivity index (χ0v) is 18.1. The number of allylic oxidation sites excluding steroid dienone is 1. The maximum Gasteiger partial charge on any atom is 0.517 e. The molecule has 0 N–H and O–H groups in total. The molecule has 3 aliphatic rings. The van der Waals surface area contributed by atoms with Crippen molar-refractivity contribution in [2.45, 2.75) is 43.8 Å². The second-order valence-electron chi connectivity index (χ2n) is 7.79. The van der Waals surface area contributed by atoms with Gasteiger partial charge in [0.15, 0.2) is 0 Å². The molecule has 0 aromatic carbocycles. The van der Waals surface area contributed by atoms with E-state index in [1.807, 2.05) is 0 Å². The Hall–Kier alpha value is -1.85. The van der Waals surface area contributed by atoms with Crippen molar-refractivity contribution in [1.82, 2.24) is 8.61 Å². The van der Waals surface area contributed by atoms with Crippen LogP contribution in [0.3, 0.4) is 0 Å². The first-order valence-corrected chi connectivity index (χ1v) is 11.6. The predicted molar refractivity (Wildman–Crippen MR) is 92.4 cm³/mol. The van der Waals surface area contributed by atoms with Crippen molar-refractivity contribution in [3.05, 3.63) is 24.0 Å². The van der Waals surface area contributed by atoms with E-state index in [1.165, 1.54) is 13.8 Å². The molecule has 0 bridgehead atoms. The molecule has 0 saturated carbocycles. The number of esters is 1. The summed E-state index contributed by atoms with van der Waals surface area (Å²) in [5.74, 6) is -5.72. The summed E-state index contributed by atoms with van der Waals surface area (Å²) in [6.07, 6.45) is 0.247. The number of rotatable bonds is 2. The van der Waals surface area contributed by atoms with Crippen LogP contribution in [0.15, 0.2) is 24.0 Å². The molecule has 3 rings (SSSR count). The van der Waals surface area contributed by atoms with Gasteiger partial charge in [-0.25, -0.2) is 12.7 Å². The summed E-state index contributed by atoms with van der Waals surface area (Å²) < 4.78 is 137. The fraction of sp³-hybridized carbons (Fsp3) is 0.667. The van der Waals surface area contributed by atoms with E-state index in [0.717, 1.165) is 13.0 Å². The summed E-state index contributed by atoms with van der Waals surface area (Å²) in [6, 6.07) is 0. The molecular formula is C15H16F6N2O7S2. The van der Waals surface area contributed by atoms with Gasteiger partial charge in [-0.3, -0.25) is 4.79 Å². The molecule has 2 fully saturated rings. The molecule has 0 aliphatic carbocycles. The highest BCUT2D eigenvalue weighted by atomic mass is 32.2. The Kier molecular flexibility index (Phi) is 5.29. The Morgan fingerprint density at radius 1 is 1.03 bits per heavy atom. The Morgan fingerprint density at radius 3 is 2.06 bits per heavy atom. The van der Waals surface area contributed by atoms with Crippen LogP contribution in [0, 0.1) is 11.3 Å². The second-order valence-corrected chi connectivity index (χ2v) is 11.5. The molecule has 3 unspecified atom stereocenters. The third-order valence-electron chi connectivity index (χ3n) is 5.19. The van der Waals surface area contributed by atoms with Gasteiger partial charge in [0.2, 0.25) is 0 Å². The molecule has 0 amide bonds. The first kappa shape index (κ1) is 24.8. The lowest BCUT2D eigenvalue weighted by molar-refractivity contribution is -0.259. The molecule has 3 heterocycles. The molecule has 3 atom stereocenters. The molecule has 182 valence electrons. The van der Waals surface area contributed by atoms with E-state index in [4.69, 9.17) is 9.47 Å². The number of carbonyl (C=O) groups is 1. The quantitative estimate of drug-likeness (QED) is 0.409. The Bertz CT molecular complexity index is 1110. The van der Waals surface area contributed by atoms with Gasteiger partial charge in [0.1, 0.15) is 0 Å². The van der Waals surface area contributed by atoms with Gasteiger partial charge in [-0.05, 0) is 20.8 Å². The van der Waals surface area contributed by atoms with E-state index < -0.39 is 72.5 Å². The van der Waals surface area contributed by atoms with Gasteiger partial charge < -0.3 is 9.47 Å². The summed E-state index contributed by atoms with van der Waals surface area (Å²) in [5.41, 5.74) is -14.0. The van der Waals surface area contributed by atoms with Crippen molar-refractivity contribution in [3.63, 3.8) is 0 Å². The monoisotopic (exact) mass is 514 g/mol. The van der Waals surface area contributed by atoms with Crippen LogP contribution < -0.4 is 0 Å². The summed E-state index contributed by atoms with van der Waals surface area (Å²) in [5, 5.41) is 0. The molecule has 1 spiro atoms. The Morgan fingerprint density at radius 2 is 1.56 bits per heavy atom. The molecule has 0 aromatic heterocycles. The first-order chi connectivity index (χ1) is 14.2. The number of carbonyl (C=O) groups excluding carboxylic acids is 1. The molecule has 32 heavy (non-hydrogen) atoms. The van der Waals surface area contributed by atoms with E-state index in [9.17, 15) is 48.0 Å². The van der Waals surface area contributed by atoms with Crippen molar-refractivity contribution in [2.75, 3.05) is 6.54 Å². The first-order valence-electron chi connectivity index (χ1n) is 8.70. The van der Waals surface area contributed by atoms with Crippen molar-refractivity contribution in [1.29, 1.82) is 0 Å². The highest BCUT2D eigenvalue weighted by molar-refractivity contribution is 7.90. The van der Waals surface area contributed by atoms with Crippen molar-refractivity contribution in [2.24, 2.45) is 11.3 Å². The van der Waals surface area contributed by atoms with E-state index in [2.05, 4.69) is 0 Å². The number of ether oxygens (including phenoxy) is 2. The lowest BCUT2D eigenvalue weighted by Gasteiger charge is -2.49. The van der Waals surface area contributed by atoms with Crippen LogP contribution in [0.4, 0.5) is 26.3 Å². The maximum absolute atomic E-state index is 13.3. The molecular weight excluding hydrogens is 498 g/mol. The second kappa shape index (κ2) is 6.83. The van der Waals surface area contributed by atoms with Gasteiger partial charge in [0.05, 0.1) is 11.5 Å². The minimum Gasteiger partial charge on any atom is -0.413 e. The largest absolute Gasteiger partial charge is 0.517 e. The smallest absolute Gasteiger partial charge is 0.413 e. The van der Waals surface area contributed by atoms with Gasteiger partial charge >= 0.3 is 42.9 Å². The number of hydrogen-bond donors (Lipinski definition) is 0. The highest BCUT2D eigenvalue weighted by Crippen LogP contribution is 2.54. The summed E-state index contributed by atoms with van der Waals surface area (Å²) in [4.78, 5) is 12.6. The van der Waals surface area contributed by atoms with Gasteiger partial charge in [-0.15, -0.1) is 4.31 Å². The third-order valence-corrected chi connectivity index (χ3v) is 8.11. The van der Waals surface area contributed by atoms with Gasteiger partial charge in [0, 0.05) is 30.4 Å². The van der Waals surface area contributed by atoms with Crippen molar-refractivity contribution < 1.29 is 57.4 Å². The van der Waals surface area contributed by atoms with Crippen LogP contribution >= 0.6 is 0 Å². The molecule has 17 heteroatoms. The van der Waals surface area contributed by atoms with E-state index in [0.29, 0.717) is 6.20 Å². The van der Waals surface area contributed by atoms with Crippen LogP contribution in [0.5, 0.6) is 0 Å². The lowest BCUT2D eigenvalue weighted by atomic mass is 9.71. The average molecular weight is 514 g/mol. The van der Waals surface area contributed by atoms with Crippen LogP contribution in [0.25, 0.3) is 0 Å². The van der Waals surface area contributed by atoms with E-state index >= 15 is 0 Å². The molecule has 3 aliphatic heterocycles. The zero-order valence-electron chi connectivity index (χ0n) is 16.4.